The molecule has 6 nitrogen and oxygen atoms in total. The summed E-state index contributed by atoms with van der Waals surface area (Å²) in [4.78, 5) is 18.9. The summed E-state index contributed by atoms with van der Waals surface area (Å²) in [6, 6.07) is 1.74. The Kier molecular flexibility index (Phi) is 5.17. The van der Waals surface area contributed by atoms with Crippen molar-refractivity contribution < 1.29 is 9.90 Å². The van der Waals surface area contributed by atoms with Crippen LogP contribution in [0.1, 0.15) is 28.9 Å². The number of nitrogens with zero attached hydrogens (tertiary/aromatic N) is 4. The summed E-state index contributed by atoms with van der Waals surface area (Å²) >= 11 is 1.84. The third-order valence-corrected chi connectivity index (χ3v) is 5.00. The number of likely N-dealkylation sites (tertiary alicyclic amines) is 1. The first-order valence-corrected chi connectivity index (χ1v) is 9.34. The zero-order valence-electron chi connectivity index (χ0n) is 13.3. The molecule has 124 valence electrons. The van der Waals surface area contributed by atoms with E-state index in [4.69, 9.17) is 5.11 Å². The number of fused-ring (bicyclic) bond motifs is 1. The van der Waals surface area contributed by atoms with Gasteiger partial charge in [-0.15, -0.1) is 0 Å². The van der Waals surface area contributed by atoms with E-state index in [2.05, 4.69) is 16.3 Å². The van der Waals surface area contributed by atoms with E-state index in [1.165, 1.54) is 6.42 Å². The summed E-state index contributed by atoms with van der Waals surface area (Å²) in [7, 11) is 0. The number of aliphatic hydroxyl groups excluding tert-OH is 1. The van der Waals surface area contributed by atoms with Crippen molar-refractivity contribution >= 4 is 23.3 Å². The van der Waals surface area contributed by atoms with Gasteiger partial charge in [0.05, 0.1) is 0 Å². The fraction of sp³-hybridized carbons (Fsp3) is 0.562. The van der Waals surface area contributed by atoms with Crippen LogP contribution >= 0.6 is 11.8 Å². The Balaban J connectivity index is 1.77. The first kappa shape index (κ1) is 16.3. The molecule has 1 aliphatic rings. The molecule has 7 heteroatoms. The second kappa shape index (κ2) is 7.31. The van der Waals surface area contributed by atoms with E-state index in [0.717, 1.165) is 30.8 Å². The van der Waals surface area contributed by atoms with Crippen LogP contribution in [0.25, 0.3) is 5.65 Å². The summed E-state index contributed by atoms with van der Waals surface area (Å²) in [5.41, 5.74) is 2.01. The summed E-state index contributed by atoms with van der Waals surface area (Å²) in [5, 5.41) is 13.4. The largest absolute Gasteiger partial charge is 0.396 e. The molecule has 2 aromatic heterocycles. The van der Waals surface area contributed by atoms with E-state index in [-0.39, 0.29) is 12.5 Å². The van der Waals surface area contributed by atoms with Crippen molar-refractivity contribution in [3.63, 3.8) is 0 Å². The fourth-order valence-electron chi connectivity index (χ4n) is 3.06. The number of carbonyl (C=O) groups excluding carboxylic acids is 1. The molecule has 1 unspecified atom stereocenters. The number of carbonyl (C=O) groups is 1. The van der Waals surface area contributed by atoms with Gasteiger partial charge in [-0.3, -0.25) is 4.79 Å². The molecule has 1 aliphatic heterocycles. The van der Waals surface area contributed by atoms with Gasteiger partial charge >= 0.3 is 0 Å². The van der Waals surface area contributed by atoms with Gasteiger partial charge < -0.3 is 10.0 Å². The summed E-state index contributed by atoms with van der Waals surface area (Å²) in [6.45, 7) is 1.70. The molecule has 1 fully saturated rings. The van der Waals surface area contributed by atoms with Crippen molar-refractivity contribution in [3.8, 4) is 0 Å². The predicted octanol–water partition coefficient (Wildman–Crippen LogP) is 1.48. The minimum atomic E-state index is -0.00925. The van der Waals surface area contributed by atoms with Crippen LogP contribution in [0, 0.1) is 5.92 Å². The lowest BCUT2D eigenvalue weighted by molar-refractivity contribution is 0.0679. The van der Waals surface area contributed by atoms with Gasteiger partial charge in [-0.25, -0.2) is 9.50 Å². The molecule has 1 amide bonds. The second-order valence-electron chi connectivity index (χ2n) is 5.98. The van der Waals surface area contributed by atoms with E-state index >= 15 is 0 Å². The number of thioether (sulfide) groups is 1. The summed E-state index contributed by atoms with van der Waals surface area (Å²) < 4.78 is 1.63. The fourth-order valence-corrected chi connectivity index (χ4v) is 3.80. The van der Waals surface area contributed by atoms with E-state index in [0.29, 0.717) is 23.7 Å². The molecule has 0 aromatic carbocycles. The van der Waals surface area contributed by atoms with Crippen molar-refractivity contribution in [1.29, 1.82) is 0 Å². The molecule has 3 rings (SSSR count). The molecule has 2 aromatic rings. The molecule has 23 heavy (non-hydrogen) atoms. The van der Waals surface area contributed by atoms with Gasteiger partial charge in [0.15, 0.2) is 11.3 Å². The Morgan fingerprint density at radius 1 is 1.52 bits per heavy atom. The highest BCUT2D eigenvalue weighted by Crippen LogP contribution is 2.21. The van der Waals surface area contributed by atoms with Crippen LogP contribution in [-0.4, -0.2) is 62.2 Å². The van der Waals surface area contributed by atoms with Crippen molar-refractivity contribution in [2.75, 3.05) is 31.7 Å². The Bertz CT molecular complexity index is 686. The Labute approximate surface area is 139 Å². The molecular formula is C16H22N4O2S. The van der Waals surface area contributed by atoms with Crippen molar-refractivity contribution in [2.24, 2.45) is 5.92 Å². The first-order chi connectivity index (χ1) is 11.2. The number of aliphatic hydroxyl groups is 1. The highest BCUT2D eigenvalue weighted by molar-refractivity contribution is 7.98. The SMILES string of the molecule is CSCC1CCCN(C(=O)c2cc3ncc(CCO)cn3n2)C1. The number of rotatable bonds is 5. The lowest BCUT2D eigenvalue weighted by Crippen LogP contribution is -2.40. The number of hydrogen-bond acceptors (Lipinski definition) is 5. The normalized spacial score (nSPS) is 18.5. The van der Waals surface area contributed by atoms with Gasteiger partial charge in [-0.2, -0.15) is 16.9 Å². The van der Waals surface area contributed by atoms with Crippen LogP contribution in [-0.2, 0) is 6.42 Å². The number of piperidine rings is 1. The van der Waals surface area contributed by atoms with Crippen LogP contribution < -0.4 is 0 Å². The van der Waals surface area contributed by atoms with Crippen LogP contribution in [0.5, 0.6) is 0 Å². The van der Waals surface area contributed by atoms with Gasteiger partial charge in [-0.1, -0.05) is 0 Å². The Morgan fingerprint density at radius 3 is 3.17 bits per heavy atom. The van der Waals surface area contributed by atoms with Crippen LogP contribution in [0.3, 0.4) is 0 Å². The van der Waals surface area contributed by atoms with Crippen molar-refractivity contribution in [3.05, 3.63) is 29.7 Å². The topological polar surface area (TPSA) is 70.7 Å². The van der Waals surface area contributed by atoms with Crippen molar-refractivity contribution in [2.45, 2.75) is 19.3 Å². The molecule has 1 atom stereocenters. The number of amides is 1. The highest BCUT2D eigenvalue weighted by Gasteiger charge is 2.25. The lowest BCUT2D eigenvalue weighted by Gasteiger charge is -2.32. The Morgan fingerprint density at radius 2 is 2.39 bits per heavy atom. The van der Waals surface area contributed by atoms with Gasteiger partial charge in [0.25, 0.3) is 5.91 Å². The number of hydrogen-bond donors (Lipinski definition) is 1. The van der Waals surface area contributed by atoms with E-state index in [1.807, 2.05) is 22.9 Å². The smallest absolute Gasteiger partial charge is 0.274 e. The molecule has 0 radical (unpaired) electrons. The molecule has 0 spiro atoms. The van der Waals surface area contributed by atoms with Crippen LogP contribution in [0.2, 0.25) is 0 Å². The van der Waals surface area contributed by atoms with E-state index < -0.39 is 0 Å². The van der Waals surface area contributed by atoms with Gasteiger partial charge in [0.1, 0.15) is 0 Å². The van der Waals surface area contributed by atoms with E-state index in [9.17, 15) is 4.79 Å². The lowest BCUT2D eigenvalue weighted by atomic mass is 10.00. The van der Waals surface area contributed by atoms with Gasteiger partial charge in [0, 0.05) is 38.2 Å². The maximum atomic E-state index is 12.7. The molecular weight excluding hydrogens is 312 g/mol. The highest BCUT2D eigenvalue weighted by atomic mass is 32.2. The zero-order chi connectivity index (χ0) is 16.2. The monoisotopic (exact) mass is 334 g/mol. The van der Waals surface area contributed by atoms with E-state index in [1.54, 1.807) is 16.8 Å². The molecule has 3 heterocycles. The minimum Gasteiger partial charge on any atom is -0.396 e. The average Bonchev–Trinajstić information content (AvgIpc) is 2.98. The Hall–Kier alpha value is -1.60. The third-order valence-electron chi connectivity index (χ3n) is 4.19. The average molecular weight is 334 g/mol. The second-order valence-corrected chi connectivity index (χ2v) is 6.89. The number of aromatic nitrogens is 3. The molecule has 0 bridgehead atoms. The van der Waals surface area contributed by atoms with Crippen LogP contribution in [0.15, 0.2) is 18.5 Å². The minimum absolute atomic E-state index is 0.00925. The summed E-state index contributed by atoms with van der Waals surface area (Å²) in [6.07, 6.45) is 8.44. The van der Waals surface area contributed by atoms with Crippen LogP contribution in [0.4, 0.5) is 0 Å². The predicted molar refractivity (Wildman–Crippen MR) is 90.8 cm³/mol. The van der Waals surface area contributed by atoms with Gasteiger partial charge in [-0.05, 0) is 42.8 Å². The molecule has 0 aliphatic carbocycles. The maximum absolute atomic E-state index is 12.7. The quantitative estimate of drug-likeness (QED) is 0.897. The molecule has 1 saturated heterocycles. The summed E-state index contributed by atoms with van der Waals surface area (Å²) in [5.74, 6) is 1.67. The first-order valence-electron chi connectivity index (χ1n) is 7.94. The maximum Gasteiger partial charge on any atom is 0.274 e. The third kappa shape index (κ3) is 3.67. The van der Waals surface area contributed by atoms with Crippen molar-refractivity contribution in [1.82, 2.24) is 19.5 Å². The molecule has 1 N–H and O–H groups in total. The standard InChI is InChI=1S/C16H22N4O2S/c1-23-11-13-3-2-5-19(9-13)16(22)14-7-15-17-8-12(4-6-21)10-20(15)18-14/h7-8,10,13,21H,2-6,9,11H2,1H3. The molecule has 0 saturated carbocycles. The van der Waals surface area contributed by atoms with Gasteiger partial charge in [0.2, 0.25) is 0 Å². The zero-order valence-corrected chi connectivity index (χ0v) is 14.1.